The first-order valence-electron chi connectivity index (χ1n) is 9.29. The molecule has 6 nitrogen and oxygen atoms in total. The predicted molar refractivity (Wildman–Crippen MR) is 108 cm³/mol. The topological polar surface area (TPSA) is 76.7 Å². The molecule has 1 atom stereocenters. The van der Waals surface area contributed by atoms with Gasteiger partial charge in [-0.2, -0.15) is 0 Å². The lowest BCUT2D eigenvalue weighted by atomic mass is 10.0. The number of carbonyl (C=O) groups is 2. The van der Waals surface area contributed by atoms with Crippen LogP contribution in [0.15, 0.2) is 48.5 Å². The molecule has 2 rings (SSSR count). The molecule has 2 aromatic rings. The fourth-order valence-corrected chi connectivity index (χ4v) is 2.73. The first-order valence-corrected chi connectivity index (χ1v) is 9.29. The predicted octanol–water partition coefficient (Wildman–Crippen LogP) is 3.05. The zero-order valence-electron chi connectivity index (χ0n) is 16.8. The summed E-state index contributed by atoms with van der Waals surface area (Å²) in [5.41, 5.74) is 1.95. The van der Waals surface area contributed by atoms with Crippen LogP contribution in [0.3, 0.4) is 0 Å². The number of hydrogen-bond acceptors (Lipinski definition) is 4. The SMILES string of the molecule is COc1cc(CNC(=O)C(NC(C)=O)C(C)C)ccc1OCc1ccccc1. The van der Waals surface area contributed by atoms with Gasteiger partial charge in [0.15, 0.2) is 11.5 Å². The summed E-state index contributed by atoms with van der Waals surface area (Å²) in [6, 6.07) is 14.9. The Morgan fingerprint density at radius 1 is 1.00 bits per heavy atom. The third-order valence-corrected chi connectivity index (χ3v) is 4.24. The number of carbonyl (C=O) groups excluding carboxylic acids is 2. The summed E-state index contributed by atoms with van der Waals surface area (Å²) in [5.74, 6) is 0.792. The Bertz CT molecular complexity index is 790. The number of hydrogen-bond donors (Lipinski definition) is 2. The van der Waals surface area contributed by atoms with Crippen molar-refractivity contribution in [2.45, 2.75) is 40.0 Å². The molecule has 0 aliphatic heterocycles. The van der Waals surface area contributed by atoms with E-state index < -0.39 is 6.04 Å². The summed E-state index contributed by atoms with van der Waals surface area (Å²) in [6.45, 7) is 5.96. The van der Waals surface area contributed by atoms with E-state index in [2.05, 4.69) is 10.6 Å². The Balaban J connectivity index is 1.99. The van der Waals surface area contributed by atoms with Gasteiger partial charge in [0, 0.05) is 13.5 Å². The number of methoxy groups -OCH3 is 1. The van der Waals surface area contributed by atoms with E-state index in [1.165, 1.54) is 6.92 Å². The number of amides is 2. The molecule has 2 aromatic carbocycles. The summed E-state index contributed by atoms with van der Waals surface area (Å²) in [4.78, 5) is 23.7. The quantitative estimate of drug-likeness (QED) is 0.697. The first-order chi connectivity index (χ1) is 13.4. The summed E-state index contributed by atoms with van der Waals surface area (Å²) in [7, 11) is 1.58. The lowest BCUT2D eigenvalue weighted by Crippen LogP contribution is -2.48. The molecular formula is C22H28N2O4. The van der Waals surface area contributed by atoms with Crippen molar-refractivity contribution in [2.75, 3.05) is 7.11 Å². The fourth-order valence-electron chi connectivity index (χ4n) is 2.73. The van der Waals surface area contributed by atoms with E-state index in [1.807, 2.05) is 62.4 Å². The molecule has 0 fully saturated rings. The van der Waals surface area contributed by atoms with Gasteiger partial charge in [0.25, 0.3) is 0 Å². The number of nitrogens with one attached hydrogen (secondary N) is 2. The maximum atomic E-state index is 12.4. The number of rotatable bonds is 9. The minimum Gasteiger partial charge on any atom is -0.493 e. The third-order valence-electron chi connectivity index (χ3n) is 4.24. The van der Waals surface area contributed by atoms with E-state index >= 15 is 0 Å². The molecule has 2 N–H and O–H groups in total. The largest absolute Gasteiger partial charge is 0.493 e. The van der Waals surface area contributed by atoms with Crippen LogP contribution in [0.2, 0.25) is 0 Å². The molecule has 0 aliphatic rings. The minimum atomic E-state index is -0.562. The minimum absolute atomic E-state index is 0.00722. The molecular weight excluding hydrogens is 356 g/mol. The van der Waals surface area contributed by atoms with Gasteiger partial charge in [0.2, 0.25) is 11.8 Å². The average Bonchev–Trinajstić information content (AvgIpc) is 2.69. The summed E-state index contributed by atoms with van der Waals surface area (Å²) < 4.78 is 11.3. The van der Waals surface area contributed by atoms with Crippen LogP contribution in [-0.4, -0.2) is 25.0 Å². The van der Waals surface area contributed by atoms with Crippen LogP contribution < -0.4 is 20.1 Å². The molecule has 0 saturated carbocycles. The van der Waals surface area contributed by atoms with Gasteiger partial charge in [-0.1, -0.05) is 50.2 Å². The van der Waals surface area contributed by atoms with Crippen molar-refractivity contribution in [2.24, 2.45) is 5.92 Å². The Kier molecular flexibility index (Phi) is 7.87. The smallest absolute Gasteiger partial charge is 0.243 e. The molecule has 0 bridgehead atoms. The van der Waals surface area contributed by atoms with Crippen molar-refractivity contribution in [3.63, 3.8) is 0 Å². The highest BCUT2D eigenvalue weighted by Gasteiger charge is 2.22. The maximum absolute atomic E-state index is 12.4. The van der Waals surface area contributed by atoms with Crippen molar-refractivity contribution < 1.29 is 19.1 Å². The molecule has 0 radical (unpaired) electrons. The second-order valence-corrected chi connectivity index (χ2v) is 6.90. The van der Waals surface area contributed by atoms with Gasteiger partial charge < -0.3 is 20.1 Å². The Morgan fingerprint density at radius 2 is 1.71 bits per heavy atom. The van der Waals surface area contributed by atoms with Crippen molar-refractivity contribution in [3.05, 3.63) is 59.7 Å². The standard InChI is InChI=1S/C22H28N2O4/c1-15(2)21(24-16(3)25)22(26)23-13-18-10-11-19(20(12-18)27-4)28-14-17-8-6-5-7-9-17/h5-12,15,21H,13-14H2,1-4H3,(H,23,26)(H,24,25). The lowest BCUT2D eigenvalue weighted by Gasteiger charge is -2.21. The van der Waals surface area contributed by atoms with E-state index in [0.717, 1.165) is 11.1 Å². The van der Waals surface area contributed by atoms with Crippen LogP contribution in [0, 0.1) is 5.92 Å². The van der Waals surface area contributed by atoms with Crippen molar-refractivity contribution in [1.82, 2.24) is 10.6 Å². The average molecular weight is 384 g/mol. The van der Waals surface area contributed by atoms with Crippen LogP contribution in [0.4, 0.5) is 0 Å². The van der Waals surface area contributed by atoms with Gasteiger partial charge in [-0.25, -0.2) is 0 Å². The molecule has 28 heavy (non-hydrogen) atoms. The molecule has 0 aliphatic carbocycles. The molecule has 0 heterocycles. The number of ether oxygens (including phenoxy) is 2. The molecule has 6 heteroatoms. The van der Waals surface area contributed by atoms with E-state index in [0.29, 0.717) is 24.7 Å². The molecule has 150 valence electrons. The van der Waals surface area contributed by atoms with Gasteiger partial charge >= 0.3 is 0 Å². The molecule has 0 saturated heterocycles. The monoisotopic (exact) mass is 384 g/mol. The molecule has 0 spiro atoms. The van der Waals surface area contributed by atoms with Gasteiger partial charge in [-0.3, -0.25) is 9.59 Å². The fraction of sp³-hybridized carbons (Fsp3) is 0.364. The second-order valence-electron chi connectivity index (χ2n) is 6.90. The van der Waals surface area contributed by atoms with E-state index in [-0.39, 0.29) is 17.7 Å². The molecule has 0 aromatic heterocycles. The zero-order valence-corrected chi connectivity index (χ0v) is 16.8. The van der Waals surface area contributed by atoms with Crippen molar-refractivity contribution >= 4 is 11.8 Å². The summed E-state index contributed by atoms with van der Waals surface area (Å²) >= 11 is 0. The number of benzene rings is 2. The van der Waals surface area contributed by atoms with Crippen LogP contribution in [0.25, 0.3) is 0 Å². The third kappa shape index (κ3) is 6.30. The summed E-state index contributed by atoms with van der Waals surface area (Å²) in [5, 5.41) is 5.55. The summed E-state index contributed by atoms with van der Waals surface area (Å²) in [6.07, 6.45) is 0. The Hall–Kier alpha value is -3.02. The molecule has 1 unspecified atom stereocenters. The second kappa shape index (κ2) is 10.3. The van der Waals surface area contributed by atoms with E-state index in [1.54, 1.807) is 7.11 Å². The van der Waals surface area contributed by atoms with Crippen molar-refractivity contribution in [1.29, 1.82) is 0 Å². The van der Waals surface area contributed by atoms with E-state index in [4.69, 9.17) is 9.47 Å². The maximum Gasteiger partial charge on any atom is 0.243 e. The Morgan fingerprint density at radius 3 is 2.32 bits per heavy atom. The van der Waals surface area contributed by atoms with Crippen molar-refractivity contribution in [3.8, 4) is 11.5 Å². The van der Waals surface area contributed by atoms with Crippen LogP contribution in [-0.2, 0) is 22.7 Å². The highest BCUT2D eigenvalue weighted by Crippen LogP contribution is 2.28. The van der Waals surface area contributed by atoms with Gasteiger partial charge in [0.1, 0.15) is 12.6 Å². The zero-order chi connectivity index (χ0) is 20.5. The first kappa shape index (κ1) is 21.3. The van der Waals surface area contributed by atoms with Crippen LogP contribution in [0.5, 0.6) is 11.5 Å². The highest BCUT2D eigenvalue weighted by atomic mass is 16.5. The normalized spacial score (nSPS) is 11.6. The molecule has 2 amide bonds. The van der Waals surface area contributed by atoms with E-state index in [9.17, 15) is 9.59 Å². The van der Waals surface area contributed by atoms with Crippen LogP contribution in [0.1, 0.15) is 31.9 Å². The van der Waals surface area contributed by atoms with Gasteiger partial charge in [-0.15, -0.1) is 0 Å². The lowest BCUT2D eigenvalue weighted by molar-refractivity contribution is -0.129. The Labute approximate surface area is 166 Å². The van der Waals surface area contributed by atoms with Gasteiger partial charge in [0.05, 0.1) is 7.11 Å². The van der Waals surface area contributed by atoms with Crippen LogP contribution >= 0.6 is 0 Å². The highest BCUT2D eigenvalue weighted by molar-refractivity contribution is 5.87. The van der Waals surface area contributed by atoms with Gasteiger partial charge in [-0.05, 0) is 29.2 Å².